The number of esters is 1. The van der Waals surface area contributed by atoms with E-state index < -0.39 is 33.6 Å². The van der Waals surface area contributed by atoms with E-state index in [-0.39, 0.29) is 10.5 Å². The molecule has 1 amide bonds. The van der Waals surface area contributed by atoms with Crippen LogP contribution < -0.4 is 5.32 Å². The quantitative estimate of drug-likeness (QED) is 0.807. The summed E-state index contributed by atoms with van der Waals surface area (Å²) in [5.41, 5.74) is 0.942. The Balaban J connectivity index is 2.11. The third-order valence-electron chi connectivity index (χ3n) is 3.62. The van der Waals surface area contributed by atoms with E-state index in [0.717, 1.165) is 6.26 Å². The zero-order chi connectivity index (χ0) is 19.5. The van der Waals surface area contributed by atoms with Gasteiger partial charge in [-0.05, 0) is 55.8 Å². The van der Waals surface area contributed by atoms with Crippen molar-refractivity contribution in [2.45, 2.75) is 24.8 Å². The van der Waals surface area contributed by atoms with Crippen LogP contribution >= 0.6 is 0 Å². The number of ether oxygens (including phenoxy) is 1. The summed E-state index contributed by atoms with van der Waals surface area (Å²) < 4.78 is 41.3. The molecule has 0 unspecified atom stereocenters. The molecular formula is C18H18FNO5S. The van der Waals surface area contributed by atoms with E-state index in [1.165, 1.54) is 49.4 Å². The molecule has 1 N–H and O–H groups in total. The van der Waals surface area contributed by atoms with Gasteiger partial charge in [0.25, 0.3) is 5.91 Å². The lowest BCUT2D eigenvalue weighted by molar-refractivity contribution is -0.123. The van der Waals surface area contributed by atoms with Gasteiger partial charge in [0.1, 0.15) is 5.82 Å². The molecule has 0 heterocycles. The second-order valence-electron chi connectivity index (χ2n) is 5.79. The van der Waals surface area contributed by atoms with Crippen molar-refractivity contribution in [1.82, 2.24) is 0 Å². The zero-order valence-corrected chi connectivity index (χ0v) is 15.3. The number of nitrogens with one attached hydrogen (secondary N) is 1. The van der Waals surface area contributed by atoms with Crippen molar-refractivity contribution in [3.8, 4) is 0 Å². The van der Waals surface area contributed by atoms with E-state index in [9.17, 15) is 22.4 Å². The molecule has 0 aliphatic heterocycles. The summed E-state index contributed by atoms with van der Waals surface area (Å²) in [4.78, 5) is 24.4. The molecule has 2 aromatic carbocycles. The molecule has 0 saturated carbocycles. The van der Waals surface area contributed by atoms with Gasteiger partial charge in [-0.15, -0.1) is 0 Å². The summed E-state index contributed by atoms with van der Waals surface area (Å²) in [5.74, 6) is -1.85. The molecule has 6 nitrogen and oxygen atoms in total. The molecule has 8 heteroatoms. The number of hydrogen-bond donors (Lipinski definition) is 1. The van der Waals surface area contributed by atoms with E-state index in [2.05, 4.69) is 5.32 Å². The predicted molar refractivity (Wildman–Crippen MR) is 94.2 cm³/mol. The number of sulfone groups is 1. The van der Waals surface area contributed by atoms with Crippen LogP contribution in [0.15, 0.2) is 47.4 Å². The zero-order valence-electron chi connectivity index (χ0n) is 14.4. The van der Waals surface area contributed by atoms with Crippen molar-refractivity contribution in [2.24, 2.45) is 0 Å². The molecule has 0 spiro atoms. The molecule has 2 rings (SSSR count). The molecule has 26 heavy (non-hydrogen) atoms. The average molecular weight is 379 g/mol. The molecule has 0 saturated heterocycles. The second-order valence-corrected chi connectivity index (χ2v) is 7.81. The predicted octanol–water partition coefficient (Wildman–Crippen LogP) is 2.72. The minimum absolute atomic E-state index is 0.0153. The molecule has 0 radical (unpaired) electrons. The van der Waals surface area contributed by atoms with E-state index in [4.69, 9.17) is 4.74 Å². The lowest BCUT2D eigenvalue weighted by atomic mass is 10.1. The summed E-state index contributed by atoms with van der Waals surface area (Å²) in [6, 6.07) is 9.24. The van der Waals surface area contributed by atoms with Gasteiger partial charge in [0.2, 0.25) is 0 Å². The fraction of sp³-hybridized carbons (Fsp3) is 0.222. The van der Waals surface area contributed by atoms with Crippen LogP contribution in [0.1, 0.15) is 22.8 Å². The van der Waals surface area contributed by atoms with Crippen molar-refractivity contribution >= 4 is 27.4 Å². The highest BCUT2D eigenvalue weighted by Gasteiger charge is 2.21. The van der Waals surface area contributed by atoms with Crippen molar-refractivity contribution in [3.63, 3.8) is 0 Å². The Kier molecular flexibility index (Phi) is 5.76. The number of aryl methyl sites for hydroxylation is 1. The number of rotatable bonds is 5. The van der Waals surface area contributed by atoms with Crippen LogP contribution in [0.2, 0.25) is 0 Å². The summed E-state index contributed by atoms with van der Waals surface area (Å²) in [6.45, 7) is 3.01. The van der Waals surface area contributed by atoms with Gasteiger partial charge < -0.3 is 10.1 Å². The lowest BCUT2D eigenvalue weighted by Crippen LogP contribution is -2.30. The Labute approximate surface area is 150 Å². The Morgan fingerprint density at radius 2 is 1.73 bits per heavy atom. The van der Waals surface area contributed by atoms with E-state index >= 15 is 0 Å². The molecule has 0 aromatic heterocycles. The first kappa shape index (κ1) is 19.6. The minimum atomic E-state index is -3.48. The van der Waals surface area contributed by atoms with Crippen LogP contribution in [0.3, 0.4) is 0 Å². The average Bonchev–Trinajstić information content (AvgIpc) is 2.56. The highest BCUT2D eigenvalue weighted by Crippen LogP contribution is 2.17. The molecule has 138 valence electrons. The number of halogens is 1. The second kappa shape index (κ2) is 7.65. The lowest BCUT2D eigenvalue weighted by Gasteiger charge is -2.15. The maximum Gasteiger partial charge on any atom is 0.339 e. The number of carbonyl (C=O) groups is 2. The molecule has 0 aliphatic rings. The summed E-state index contributed by atoms with van der Waals surface area (Å²) in [5, 5.41) is 2.50. The van der Waals surface area contributed by atoms with Gasteiger partial charge in [0.05, 0.1) is 10.5 Å². The van der Waals surface area contributed by atoms with Gasteiger partial charge in [-0.25, -0.2) is 17.6 Å². The third-order valence-corrected chi connectivity index (χ3v) is 4.73. The number of amides is 1. The fourth-order valence-corrected chi connectivity index (χ4v) is 2.75. The van der Waals surface area contributed by atoms with Crippen molar-refractivity contribution in [1.29, 1.82) is 0 Å². The van der Waals surface area contributed by atoms with Crippen molar-refractivity contribution < 1.29 is 27.1 Å². The topological polar surface area (TPSA) is 89.5 Å². The van der Waals surface area contributed by atoms with Crippen molar-refractivity contribution in [3.05, 3.63) is 59.4 Å². The highest BCUT2D eigenvalue weighted by molar-refractivity contribution is 7.90. The van der Waals surface area contributed by atoms with Crippen LogP contribution in [-0.2, 0) is 19.4 Å². The summed E-state index contributed by atoms with van der Waals surface area (Å²) in [7, 11) is -3.48. The largest absolute Gasteiger partial charge is 0.449 e. The standard InChI is InChI=1S/C18H18FNO5S/c1-11-4-9-15(26(3,23)24)10-16(11)18(22)25-12(2)17(21)20-14-7-5-13(19)6-8-14/h4-10,12H,1-3H3,(H,20,21)/t12-/m0/s1. The van der Waals surface area contributed by atoms with E-state index in [0.29, 0.717) is 11.3 Å². The minimum Gasteiger partial charge on any atom is -0.449 e. The molecule has 1 atom stereocenters. The van der Waals surface area contributed by atoms with Crippen molar-refractivity contribution in [2.75, 3.05) is 11.6 Å². The number of hydrogen-bond acceptors (Lipinski definition) is 5. The Bertz CT molecular complexity index is 939. The van der Waals surface area contributed by atoms with Crippen LogP contribution in [0, 0.1) is 12.7 Å². The van der Waals surface area contributed by atoms with Crippen LogP contribution in [0.4, 0.5) is 10.1 Å². The van der Waals surface area contributed by atoms with Gasteiger partial charge in [0.15, 0.2) is 15.9 Å². The number of carbonyl (C=O) groups excluding carboxylic acids is 2. The molecule has 2 aromatic rings. The van der Waals surface area contributed by atoms with E-state index in [1.54, 1.807) is 6.92 Å². The fourth-order valence-electron chi connectivity index (χ4n) is 2.11. The third kappa shape index (κ3) is 4.89. The first-order chi connectivity index (χ1) is 12.1. The van der Waals surface area contributed by atoms with E-state index in [1.807, 2.05) is 0 Å². The molecule has 0 aliphatic carbocycles. The Morgan fingerprint density at radius 1 is 1.12 bits per heavy atom. The van der Waals surface area contributed by atoms with Gasteiger partial charge in [-0.2, -0.15) is 0 Å². The summed E-state index contributed by atoms with van der Waals surface area (Å²) >= 11 is 0. The molecule has 0 bridgehead atoms. The Morgan fingerprint density at radius 3 is 2.31 bits per heavy atom. The van der Waals surface area contributed by atoms with Gasteiger partial charge in [-0.1, -0.05) is 6.07 Å². The SMILES string of the molecule is Cc1ccc(S(C)(=O)=O)cc1C(=O)O[C@@H](C)C(=O)Nc1ccc(F)cc1. The van der Waals surface area contributed by atoms with Crippen LogP contribution in [0.25, 0.3) is 0 Å². The first-order valence-electron chi connectivity index (χ1n) is 7.66. The monoisotopic (exact) mass is 379 g/mol. The van der Waals surface area contributed by atoms with Crippen LogP contribution in [0.5, 0.6) is 0 Å². The first-order valence-corrected chi connectivity index (χ1v) is 9.55. The Hall–Kier alpha value is -2.74. The maximum atomic E-state index is 12.9. The summed E-state index contributed by atoms with van der Waals surface area (Å²) in [6.07, 6.45) is -0.0974. The number of anilines is 1. The van der Waals surface area contributed by atoms with Crippen LogP contribution in [-0.4, -0.2) is 32.7 Å². The maximum absolute atomic E-state index is 12.9. The van der Waals surface area contributed by atoms with Gasteiger partial charge in [0, 0.05) is 11.9 Å². The number of benzene rings is 2. The highest BCUT2D eigenvalue weighted by atomic mass is 32.2. The van der Waals surface area contributed by atoms with Gasteiger partial charge in [-0.3, -0.25) is 4.79 Å². The van der Waals surface area contributed by atoms with Gasteiger partial charge >= 0.3 is 5.97 Å². The molecular weight excluding hydrogens is 361 g/mol. The smallest absolute Gasteiger partial charge is 0.339 e. The normalized spacial score (nSPS) is 12.3. The molecule has 0 fully saturated rings.